The van der Waals surface area contributed by atoms with Crippen LogP contribution in [-0.2, 0) is 16.3 Å². The highest BCUT2D eigenvalue weighted by atomic mass is 32.2. The highest BCUT2D eigenvalue weighted by Crippen LogP contribution is 2.29. The number of hydrogen-bond donors (Lipinski definition) is 2. The first kappa shape index (κ1) is 17.5. The van der Waals surface area contributed by atoms with Crippen LogP contribution in [0.5, 0.6) is 0 Å². The summed E-state index contributed by atoms with van der Waals surface area (Å²) in [6.07, 6.45) is -4.30. The fourth-order valence-electron chi connectivity index (χ4n) is 0.715. The first-order valence-electron chi connectivity index (χ1n) is 4.21. The van der Waals surface area contributed by atoms with Crippen molar-refractivity contribution in [3.8, 4) is 0 Å². The molecule has 1 aromatic carbocycles. The van der Waals surface area contributed by atoms with E-state index in [1.165, 1.54) is 12.1 Å². The third-order valence-electron chi connectivity index (χ3n) is 1.51. The molecular weight excluding hydrogens is 304 g/mol. The zero-order valence-corrected chi connectivity index (χ0v) is 9.64. The molecule has 4 nitrogen and oxygen atoms in total. The quantitative estimate of drug-likeness (QED) is 0.334. The Labute approximate surface area is 103 Å². The van der Waals surface area contributed by atoms with Crippen molar-refractivity contribution in [2.24, 2.45) is 0 Å². The number of hydrogen-bond acceptors (Lipinski definition) is 3. The number of nitrogen functional groups attached to an aromatic ring is 1. The van der Waals surface area contributed by atoms with Crippen molar-refractivity contribution in [2.75, 3.05) is 5.73 Å². The second-order valence-electron chi connectivity index (χ2n) is 3.04. The minimum Gasteiger partial charge on any atom is -0.399 e. The van der Waals surface area contributed by atoms with E-state index in [9.17, 15) is 26.3 Å². The smallest absolute Gasteiger partial charge is 0.399 e. The van der Waals surface area contributed by atoms with Gasteiger partial charge in [0.25, 0.3) is 0 Å². The summed E-state index contributed by atoms with van der Waals surface area (Å²) in [5.74, 6) is 0. The van der Waals surface area contributed by atoms with Gasteiger partial charge in [-0.15, -0.1) is 0 Å². The van der Waals surface area contributed by atoms with Crippen LogP contribution in [-0.4, -0.2) is 18.5 Å². The molecule has 0 aliphatic rings. The van der Waals surface area contributed by atoms with E-state index in [1.807, 2.05) is 0 Å². The summed E-state index contributed by atoms with van der Waals surface area (Å²) in [6.45, 7) is 0. The maximum Gasteiger partial charge on any atom is 0.522 e. The molecule has 11 heteroatoms. The van der Waals surface area contributed by atoms with Crippen molar-refractivity contribution < 1.29 is 39.3 Å². The maximum atomic E-state index is 11.9. The van der Waals surface area contributed by atoms with Crippen LogP contribution in [0.15, 0.2) is 24.3 Å². The molecule has 0 radical (unpaired) electrons. The highest BCUT2D eigenvalue weighted by Gasteiger charge is 2.44. The van der Waals surface area contributed by atoms with Crippen LogP contribution in [0.2, 0.25) is 0 Å². The second kappa shape index (κ2) is 5.65. The molecule has 0 atom stereocenters. The number of rotatable bonds is 0. The number of nitrogens with two attached hydrogens (primary N) is 1. The van der Waals surface area contributed by atoms with E-state index >= 15 is 0 Å². The van der Waals surface area contributed by atoms with Crippen LogP contribution in [0.3, 0.4) is 0 Å². The molecule has 0 saturated carbocycles. The summed E-state index contributed by atoms with van der Waals surface area (Å²) in [4.78, 5) is 0. The molecule has 1 rings (SSSR count). The van der Waals surface area contributed by atoms with Crippen molar-refractivity contribution in [1.29, 1.82) is 0 Å². The van der Waals surface area contributed by atoms with Gasteiger partial charge in [0.15, 0.2) is 0 Å². The predicted molar refractivity (Wildman–Crippen MR) is 53.5 cm³/mol. The van der Waals surface area contributed by atoms with Gasteiger partial charge in [0.1, 0.15) is 0 Å². The van der Waals surface area contributed by atoms with Crippen molar-refractivity contribution >= 4 is 15.8 Å². The largest absolute Gasteiger partial charge is 0.522 e. The fourth-order valence-corrected chi connectivity index (χ4v) is 0.715. The molecule has 0 saturated heterocycles. The van der Waals surface area contributed by atoms with Crippen molar-refractivity contribution in [3.63, 3.8) is 0 Å². The summed E-state index contributed by atoms with van der Waals surface area (Å²) >= 11 is 0. The molecule has 0 amide bonds. The van der Waals surface area contributed by atoms with E-state index in [1.54, 1.807) is 0 Å². The van der Waals surface area contributed by atoms with Gasteiger partial charge in [-0.3, -0.25) is 4.55 Å². The summed E-state index contributed by atoms with van der Waals surface area (Å²) < 4.78 is 93.3. The first-order chi connectivity index (χ1) is 8.25. The van der Waals surface area contributed by atoms with Crippen LogP contribution in [0, 0.1) is 0 Å². The zero-order valence-electron chi connectivity index (χ0n) is 8.83. The van der Waals surface area contributed by atoms with Gasteiger partial charge in [0.2, 0.25) is 0 Å². The molecule has 0 unspecified atom stereocenters. The van der Waals surface area contributed by atoms with Crippen LogP contribution in [0.1, 0.15) is 5.56 Å². The van der Waals surface area contributed by atoms with E-state index in [0.717, 1.165) is 12.1 Å². The Bertz CT molecular complexity index is 522. The normalized spacial score (nSPS) is 12.6. The second-order valence-corrected chi connectivity index (χ2v) is 4.46. The highest BCUT2D eigenvalue weighted by molar-refractivity contribution is 7.86. The zero-order chi connectivity index (χ0) is 15.5. The Morgan fingerprint density at radius 2 is 1.47 bits per heavy atom. The third-order valence-corrected chi connectivity index (χ3v) is 2.09. The van der Waals surface area contributed by atoms with Crippen LogP contribution in [0.4, 0.5) is 32.0 Å². The third kappa shape index (κ3) is 6.29. The minimum absolute atomic E-state index is 0.125. The number of anilines is 1. The Hall–Kier alpha value is -1.49. The molecule has 3 N–H and O–H groups in total. The van der Waals surface area contributed by atoms with Gasteiger partial charge in [-0.25, -0.2) is 0 Å². The van der Waals surface area contributed by atoms with Crippen LogP contribution < -0.4 is 5.73 Å². The average Bonchev–Trinajstić information content (AvgIpc) is 2.13. The maximum absolute atomic E-state index is 11.9. The average molecular weight is 311 g/mol. The van der Waals surface area contributed by atoms with Gasteiger partial charge in [-0.05, 0) is 18.2 Å². The topological polar surface area (TPSA) is 80.4 Å². The van der Waals surface area contributed by atoms with E-state index in [-0.39, 0.29) is 5.69 Å². The Morgan fingerprint density at radius 3 is 1.68 bits per heavy atom. The lowest BCUT2D eigenvalue weighted by Crippen LogP contribution is -2.21. The lowest BCUT2D eigenvalue weighted by Gasteiger charge is -2.05. The molecule has 0 heterocycles. The molecule has 0 fully saturated rings. The molecule has 0 aliphatic heterocycles. The van der Waals surface area contributed by atoms with Crippen molar-refractivity contribution in [3.05, 3.63) is 29.8 Å². The van der Waals surface area contributed by atoms with E-state index in [2.05, 4.69) is 0 Å². The van der Waals surface area contributed by atoms with Gasteiger partial charge in [0.05, 0.1) is 5.56 Å². The van der Waals surface area contributed by atoms with Gasteiger partial charge in [0, 0.05) is 5.69 Å². The number of benzene rings is 1. The monoisotopic (exact) mass is 311 g/mol. The molecule has 19 heavy (non-hydrogen) atoms. The summed E-state index contributed by atoms with van der Waals surface area (Å²) in [7, 11) is -5.84. The van der Waals surface area contributed by atoms with Gasteiger partial charge in [-0.2, -0.15) is 34.8 Å². The van der Waals surface area contributed by atoms with Crippen molar-refractivity contribution in [1.82, 2.24) is 0 Å². The molecule has 0 spiro atoms. The van der Waals surface area contributed by atoms with Crippen molar-refractivity contribution in [2.45, 2.75) is 11.7 Å². The molecule has 0 bridgehead atoms. The van der Waals surface area contributed by atoms with Crippen LogP contribution >= 0.6 is 0 Å². The first-order valence-corrected chi connectivity index (χ1v) is 5.65. The summed E-state index contributed by atoms with van der Waals surface area (Å²) in [5, 5.41) is 0. The van der Waals surface area contributed by atoms with Gasteiger partial charge < -0.3 is 5.73 Å². The molecule has 1 aromatic rings. The molecule has 110 valence electrons. The Kier molecular flexibility index (Phi) is 5.21. The number of halogens is 6. The van der Waals surface area contributed by atoms with Gasteiger partial charge >= 0.3 is 21.8 Å². The minimum atomic E-state index is -5.84. The summed E-state index contributed by atoms with van der Waals surface area (Å²) in [5.41, 5.74) is -0.965. The van der Waals surface area contributed by atoms with E-state index in [4.69, 9.17) is 18.7 Å². The van der Waals surface area contributed by atoms with Crippen LogP contribution in [0.25, 0.3) is 0 Å². The Balaban J connectivity index is 0.000000362. The predicted octanol–water partition coefficient (Wildman–Crippen LogP) is 2.68. The van der Waals surface area contributed by atoms with E-state index in [0.29, 0.717) is 0 Å². The lowest BCUT2D eigenvalue weighted by atomic mass is 10.2. The molecular formula is C8H7F6NO3S. The SMILES string of the molecule is Nc1cccc(C(F)(F)F)c1.O=S(=O)(O)C(F)(F)F. The Morgan fingerprint density at radius 1 is 1.05 bits per heavy atom. The fraction of sp³-hybridized carbons (Fsp3) is 0.250. The summed E-state index contributed by atoms with van der Waals surface area (Å²) in [6, 6.07) is 4.57. The molecule has 0 aromatic heterocycles. The molecule has 0 aliphatic carbocycles. The lowest BCUT2D eigenvalue weighted by molar-refractivity contribution is -0.137. The van der Waals surface area contributed by atoms with E-state index < -0.39 is 27.4 Å². The van der Waals surface area contributed by atoms with Gasteiger partial charge in [-0.1, -0.05) is 6.07 Å². The standard InChI is InChI=1S/C7H6F3N.CHF3O3S/c8-7(9,10)5-2-1-3-6(11)4-5;2-1(3,4)8(5,6)7/h1-4H,11H2;(H,5,6,7). The number of alkyl halides is 6.